The highest BCUT2D eigenvalue weighted by Crippen LogP contribution is 1.97. The Morgan fingerprint density at radius 3 is 2.05 bits per heavy atom. The van der Waals surface area contributed by atoms with Gasteiger partial charge in [0.2, 0.25) is 0 Å². The molecule has 0 unspecified atom stereocenters. The molecule has 1 aromatic heterocycles. The van der Waals surface area contributed by atoms with Crippen LogP contribution in [0, 0.1) is 0 Å². The Kier molecular flexibility index (Phi) is 14.3. The van der Waals surface area contributed by atoms with E-state index >= 15 is 0 Å². The molecular formula is C19H26ClNO. The monoisotopic (exact) mass is 319 g/mol. The Morgan fingerprint density at radius 2 is 1.55 bits per heavy atom. The molecule has 0 aliphatic rings. The zero-order chi connectivity index (χ0) is 14.6. The first-order valence-electron chi connectivity index (χ1n) is 7.09. The third-order valence-electron chi connectivity index (χ3n) is 2.92. The van der Waals surface area contributed by atoms with Gasteiger partial charge in [-0.25, -0.2) is 4.57 Å². The van der Waals surface area contributed by atoms with Crippen molar-refractivity contribution in [2.75, 3.05) is 0 Å². The number of halogens is 1. The minimum absolute atomic E-state index is 0. The largest absolute Gasteiger partial charge is 1.00 e. The molecule has 0 saturated heterocycles. The highest BCUT2D eigenvalue weighted by Gasteiger charge is 1.98. The molecule has 0 aliphatic carbocycles. The Hall–Kier alpha value is -1.90. The van der Waals surface area contributed by atoms with Gasteiger partial charge >= 0.3 is 0 Å². The standard InChI is InChI=1S/C11H16N.C8H8.ClH.H2O/c1-3-5-8-12-9-6-7-11(4-2)10-12;1-2-8-6-4-3-5-7-8;;/h4,6-7,9-10H,2-3,5,8H2,1H3;2-7H,1H2;1H;1H2/q+1;;;/p-1. The van der Waals surface area contributed by atoms with E-state index in [0.717, 1.165) is 6.54 Å². The molecule has 2 nitrogen and oxygen atoms in total. The van der Waals surface area contributed by atoms with Crippen LogP contribution in [0.15, 0.2) is 68.0 Å². The average Bonchev–Trinajstić information content (AvgIpc) is 2.54. The zero-order valence-electron chi connectivity index (χ0n) is 13.2. The Morgan fingerprint density at radius 1 is 0.955 bits per heavy atom. The second kappa shape index (κ2) is 14.1. The van der Waals surface area contributed by atoms with E-state index in [4.69, 9.17) is 0 Å². The lowest BCUT2D eigenvalue weighted by atomic mass is 10.2. The summed E-state index contributed by atoms with van der Waals surface area (Å²) >= 11 is 0. The topological polar surface area (TPSA) is 35.4 Å². The third kappa shape index (κ3) is 9.11. The number of pyridine rings is 1. The van der Waals surface area contributed by atoms with E-state index in [1.165, 1.54) is 24.0 Å². The van der Waals surface area contributed by atoms with E-state index in [2.05, 4.69) is 49.2 Å². The Balaban J connectivity index is 0. The van der Waals surface area contributed by atoms with Crippen LogP contribution in [-0.2, 0) is 6.54 Å². The van der Waals surface area contributed by atoms with E-state index in [-0.39, 0.29) is 17.9 Å². The molecule has 0 bridgehead atoms. The average molecular weight is 320 g/mol. The molecule has 22 heavy (non-hydrogen) atoms. The number of unbranched alkanes of at least 4 members (excludes halogenated alkanes) is 1. The molecule has 2 N–H and O–H groups in total. The van der Waals surface area contributed by atoms with Gasteiger partial charge in [-0.1, -0.05) is 69.0 Å². The van der Waals surface area contributed by atoms with Crippen molar-refractivity contribution < 1.29 is 22.5 Å². The summed E-state index contributed by atoms with van der Waals surface area (Å²) in [5.41, 5.74) is 2.36. The molecule has 1 aromatic carbocycles. The van der Waals surface area contributed by atoms with Crippen LogP contribution in [0.1, 0.15) is 30.9 Å². The van der Waals surface area contributed by atoms with Crippen molar-refractivity contribution in [3.63, 3.8) is 0 Å². The summed E-state index contributed by atoms with van der Waals surface area (Å²) in [6.07, 6.45) is 10.4. The van der Waals surface area contributed by atoms with Crippen LogP contribution in [0.25, 0.3) is 12.2 Å². The quantitative estimate of drug-likeness (QED) is 0.735. The van der Waals surface area contributed by atoms with Gasteiger partial charge in [-0.15, -0.1) is 0 Å². The highest BCUT2D eigenvalue weighted by atomic mass is 35.5. The van der Waals surface area contributed by atoms with Gasteiger partial charge in [0.05, 0.1) is 0 Å². The van der Waals surface area contributed by atoms with E-state index in [0.29, 0.717) is 0 Å². The molecule has 0 spiro atoms. The number of benzene rings is 1. The summed E-state index contributed by atoms with van der Waals surface area (Å²) in [4.78, 5) is 0. The summed E-state index contributed by atoms with van der Waals surface area (Å²) in [6, 6.07) is 14.2. The molecule has 0 fully saturated rings. The van der Waals surface area contributed by atoms with Crippen LogP contribution in [0.2, 0.25) is 0 Å². The number of hydrogen-bond acceptors (Lipinski definition) is 0. The van der Waals surface area contributed by atoms with Gasteiger partial charge in [0, 0.05) is 18.1 Å². The molecular weight excluding hydrogens is 294 g/mol. The second-order valence-corrected chi connectivity index (χ2v) is 4.55. The number of aryl methyl sites for hydroxylation is 1. The lowest BCUT2D eigenvalue weighted by Crippen LogP contribution is -3.00. The van der Waals surface area contributed by atoms with Crippen LogP contribution >= 0.6 is 0 Å². The minimum Gasteiger partial charge on any atom is -1.00 e. The zero-order valence-corrected chi connectivity index (χ0v) is 14.0. The SMILES string of the molecule is C=Cc1ccc[n+](CCCC)c1.C=Cc1ccccc1.O.[Cl-]. The van der Waals surface area contributed by atoms with E-state index in [1.54, 1.807) is 0 Å². The lowest BCUT2D eigenvalue weighted by Gasteiger charge is -1.95. The van der Waals surface area contributed by atoms with Crippen LogP contribution in [0.5, 0.6) is 0 Å². The van der Waals surface area contributed by atoms with E-state index < -0.39 is 0 Å². The maximum Gasteiger partial charge on any atom is 0.176 e. The number of rotatable bonds is 5. The van der Waals surface area contributed by atoms with Gasteiger partial charge in [-0.2, -0.15) is 0 Å². The predicted molar refractivity (Wildman–Crippen MR) is 91.8 cm³/mol. The van der Waals surface area contributed by atoms with E-state index in [1.807, 2.05) is 42.5 Å². The van der Waals surface area contributed by atoms with Crippen molar-refractivity contribution >= 4 is 12.2 Å². The van der Waals surface area contributed by atoms with E-state index in [9.17, 15) is 0 Å². The van der Waals surface area contributed by atoms with Crippen molar-refractivity contribution in [3.8, 4) is 0 Å². The molecule has 0 atom stereocenters. The normalized spacial score (nSPS) is 8.41. The van der Waals surface area contributed by atoms with Gasteiger partial charge < -0.3 is 17.9 Å². The first kappa shape index (κ1) is 22.4. The van der Waals surface area contributed by atoms with Gasteiger partial charge in [0.25, 0.3) is 0 Å². The molecule has 0 radical (unpaired) electrons. The minimum atomic E-state index is 0. The maximum absolute atomic E-state index is 3.74. The number of hydrogen-bond donors (Lipinski definition) is 0. The van der Waals surface area contributed by atoms with Crippen molar-refractivity contribution in [2.24, 2.45) is 0 Å². The van der Waals surface area contributed by atoms with Crippen molar-refractivity contribution in [2.45, 2.75) is 26.3 Å². The Bertz CT molecular complexity index is 526. The Labute approximate surface area is 140 Å². The van der Waals surface area contributed by atoms with Crippen LogP contribution in [0.4, 0.5) is 0 Å². The molecule has 2 rings (SSSR count). The molecule has 0 aliphatic heterocycles. The highest BCUT2D eigenvalue weighted by molar-refractivity contribution is 5.45. The number of nitrogens with zero attached hydrogens (tertiary/aromatic N) is 1. The molecule has 1 heterocycles. The molecule has 0 saturated carbocycles. The predicted octanol–water partition coefficient (Wildman–Crippen LogP) is 0.926. The van der Waals surface area contributed by atoms with Crippen LogP contribution < -0.4 is 17.0 Å². The van der Waals surface area contributed by atoms with Gasteiger partial charge in [-0.05, 0) is 11.6 Å². The molecule has 0 amide bonds. The van der Waals surface area contributed by atoms with Gasteiger partial charge in [-0.3, -0.25) is 0 Å². The van der Waals surface area contributed by atoms with Gasteiger partial charge in [0.1, 0.15) is 6.54 Å². The maximum atomic E-state index is 3.74. The van der Waals surface area contributed by atoms with Crippen molar-refractivity contribution in [1.29, 1.82) is 0 Å². The van der Waals surface area contributed by atoms with Gasteiger partial charge in [0.15, 0.2) is 12.4 Å². The fourth-order valence-corrected chi connectivity index (χ4v) is 1.73. The fraction of sp³-hybridized carbons (Fsp3) is 0.211. The molecule has 2 aromatic rings. The first-order valence-corrected chi connectivity index (χ1v) is 7.09. The summed E-state index contributed by atoms with van der Waals surface area (Å²) in [7, 11) is 0. The summed E-state index contributed by atoms with van der Waals surface area (Å²) < 4.78 is 2.21. The van der Waals surface area contributed by atoms with Crippen LogP contribution in [-0.4, -0.2) is 5.48 Å². The summed E-state index contributed by atoms with van der Waals surface area (Å²) in [5.74, 6) is 0. The number of aromatic nitrogens is 1. The second-order valence-electron chi connectivity index (χ2n) is 4.55. The van der Waals surface area contributed by atoms with Crippen LogP contribution in [0.3, 0.4) is 0 Å². The van der Waals surface area contributed by atoms with Crippen molar-refractivity contribution in [1.82, 2.24) is 0 Å². The summed E-state index contributed by atoms with van der Waals surface area (Å²) in [5, 5.41) is 0. The summed E-state index contributed by atoms with van der Waals surface area (Å²) in [6.45, 7) is 10.7. The molecule has 120 valence electrons. The lowest BCUT2D eigenvalue weighted by molar-refractivity contribution is -0.697. The first-order chi connectivity index (χ1) is 9.80. The molecule has 3 heteroatoms. The third-order valence-corrected chi connectivity index (χ3v) is 2.92. The smallest absolute Gasteiger partial charge is 0.176 e. The van der Waals surface area contributed by atoms with Crippen molar-refractivity contribution in [3.05, 3.63) is 79.1 Å². The fourth-order valence-electron chi connectivity index (χ4n) is 1.73.